The smallest absolute Gasteiger partial charge is 0.161 e. The van der Waals surface area contributed by atoms with Crippen LogP contribution in [0.4, 0.5) is 0 Å². The predicted octanol–water partition coefficient (Wildman–Crippen LogP) is 3.67. The van der Waals surface area contributed by atoms with Gasteiger partial charge in [-0.25, -0.2) is 0 Å². The van der Waals surface area contributed by atoms with Crippen molar-refractivity contribution in [3.05, 3.63) is 42.5 Å². The van der Waals surface area contributed by atoms with Crippen LogP contribution in [0.1, 0.15) is 5.56 Å². The number of alkyl halides is 1. The van der Waals surface area contributed by atoms with Crippen LogP contribution in [0.25, 0.3) is 6.08 Å². The summed E-state index contributed by atoms with van der Waals surface area (Å²) in [4.78, 5) is 0. The molecule has 0 atom stereocenters. The zero-order valence-corrected chi connectivity index (χ0v) is 10.9. The number of allylic oxidation sites excluding steroid dienone is 1. The second-order valence-corrected chi connectivity index (χ2v) is 3.71. The molecule has 1 aromatic carbocycles. The number of methoxy groups -OCH3 is 1. The van der Waals surface area contributed by atoms with Crippen LogP contribution >= 0.6 is 15.9 Å². The number of ether oxygens (including phenoxy) is 2. The standard InChI is InChI=1S/C13H15BrO2/c1-3-9-16-12-7-6-11(5-4-8-14)10-13(12)15-2/h3-7,10H,1,8-9H2,2H3. The minimum atomic E-state index is 0.479. The average Bonchev–Trinajstić information content (AvgIpc) is 2.34. The molecule has 0 bridgehead atoms. The third-order valence-corrected chi connectivity index (χ3v) is 2.32. The van der Waals surface area contributed by atoms with Gasteiger partial charge in [0, 0.05) is 5.33 Å². The number of hydrogen-bond donors (Lipinski definition) is 0. The minimum absolute atomic E-state index is 0.479. The second-order valence-electron chi connectivity index (χ2n) is 3.07. The van der Waals surface area contributed by atoms with Crippen LogP contribution in [0.15, 0.2) is 36.9 Å². The number of hydrogen-bond acceptors (Lipinski definition) is 2. The summed E-state index contributed by atoms with van der Waals surface area (Å²) in [5.41, 5.74) is 1.09. The van der Waals surface area contributed by atoms with Crippen molar-refractivity contribution in [2.45, 2.75) is 0 Å². The highest BCUT2D eigenvalue weighted by Gasteiger charge is 2.03. The van der Waals surface area contributed by atoms with Crippen molar-refractivity contribution < 1.29 is 9.47 Å². The van der Waals surface area contributed by atoms with Crippen molar-refractivity contribution in [3.63, 3.8) is 0 Å². The van der Waals surface area contributed by atoms with Crippen molar-refractivity contribution in [2.75, 3.05) is 19.0 Å². The molecule has 0 aliphatic carbocycles. The number of halogens is 1. The molecule has 0 heterocycles. The molecule has 2 nitrogen and oxygen atoms in total. The third kappa shape index (κ3) is 3.74. The van der Waals surface area contributed by atoms with Gasteiger partial charge in [-0.2, -0.15) is 0 Å². The number of rotatable bonds is 6. The van der Waals surface area contributed by atoms with E-state index in [2.05, 4.69) is 22.5 Å². The fourth-order valence-corrected chi connectivity index (χ4v) is 1.42. The van der Waals surface area contributed by atoms with Gasteiger partial charge in [-0.3, -0.25) is 0 Å². The van der Waals surface area contributed by atoms with Crippen LogP contribution in [-0.2, 0) is 0 Å². The first-order chi connectivity index (χ1) is 7.81. The van der Waals surface area contributed by atoms with Gasteiger partial charge in [0.25, 0.3) is 0 Å². The van der Waals surface area contributed by atoms with Crippen molar-refractivity contribution in [3.8, 4) is 11.5 Å². The summed E-state index contributed by atoms with van der Waals surface area (Å²) in [6, 6.07) is 5.83. The lowest BCUT2D eigenvalue weighted by atomic mass is 10.2. The van der Waals surface area contributed by atoms with Gasteiger partial charge in [0.15, 0.2) is 11.5 Å². The van der Waals surface area contributed by atoms with Crippen LogP contribution in [0.5, 0.6) is 11.5 Å². The summed E-state index contributed by atoms with van der Waals surface area (Å²) < 4.78 is 10.7. The summed E-state index contributed by atoms with van der Waals surface area (Å²) >= 11 is 3.34. The van der Waals surface area contributed by atoms with Crippen molar-refractivity contribution >= 4 is 22.0 Å². The van der Waals surface area contributed by atoms with Crippen LogP contribution in [0.2, 0.25) is 0 Å². The van der Waals surface area contributed by atoms with Gasteiger partial charge in [0.2, 0.25) is 0 Å². The SMILES string of the molecule is C=CCOc1ccc(C=CCBr)cc1OC. The average molecular weight is 283 g/mol. The van der Waals surface area contributed by atoms with Gasteiger partial charge < -0.3 is 9.47 Å². The predicted molar refractivity (Wildman–Crippen MR) is 71.5 cm³/mol. The van der Waals surface area contributed by atoms with Crippen molar-refractivity contribution in [1.29, 1.82) is 0 Å². The van der Waals surface area contributed by atoms with E-state index in [0.717, 1.165) is 22.4 Å². The highest BCUT2D eigenvalue weighted by atomic mass is 79.9. The van der Waals surface area contributed by atoms with E-state index in [-0.39, 0.29) is 0 Å². The molecule has 0 spiro atoms. The minimum Gasteiger partial charge on any atom is -0.493 e. The second kappa shape index (κ2) is 7.12. The van der Waals surface area contributed by atoms with E-state index in [9.17, 15) is 0 Å². The van der Waals surface area contributed by atoms with Crippen LogP contribution in [-0.4, -0.2) is 19.0 Å². The summed E-state index contributed by atoms with van der Waals surface area (Å²) in [6.07, 6.45) is 5.76. The van der Waals surface area contributed by atoms with E-state index >= 15 is 0 Å². The lowest BCUT2D eigenvalue weighted by Crippen LogP contribution is -1.96. The molecule has 0 saturated heterocycles. The Kier molecular flexibility index (Phi) is 5.72. The Bertz CT molecular complexity index is 372. The Morgan fingerprint density at radius 3 is 2.81 bits per heavy atom. The Morgan fingerprint density at radius 2 is 2.19 bits per heavy atom. The molecule has 0 N–H and O–H groups in total. The first-order valence-corrected chi connectivity index (χ1v) is 6.08. The van der Waals surface area contributed by atoms with Crippen molar-refractivity contribution in [1.82, 2.24) is 0 Å². The fraction of sp³-hybridized carbons (Fsp3) is 0.231. The maximum atomic E-state index is 5.46. The molecule has 16 heavy (non-hydrogen) atoms. The fourth-order valence-electron chi connectivity index (χ4n) is 1.24. The molecule has 0 amide bonds. The van der Waals surface area contributed by atoms with Crippen LogP contribution in [0, 0.1) is 0 Å². The van der Waals surface area contributed by atoms with Crippen LogP contribution < -0.4 is 9.47 Å². The van der Waals surface area contributed by atoms with Gasteiger partial charge in [-0.15, -0.1) is 0 Å². The largest absolute Gasteiger partial charge is 0.493 e. The summed E-state index contributed by atoms with van der Waals surface area (Å²) in [7, 11) is 1.63. The molecule has 0 unspecified atom stereocenters. The van der Waals surface area contributed by atoms with E-state index in [1.165, 1.54) is 0 Å². The maximum Gasteiger partial charge on any atom is 0.161 e. The Hall–Kier alpha value is -1.22. The maximum absolute atomic E-state index is 5.46. The molecule has 0 aromatic heterocycles. The van der Waals surface area contributed by atoms with E-state index < -0.39 is 0 Å². The molecule has 0 fully saturated rings. The Balaban J connectivity index is 2.87. The Morgan fingerprint density at radius 1 is 1.38 bits per heavy atom. The molecule has 86 valence electrons. The Labute approximate surface area is 105 Å². The molecule has 3 heteroatoms. The van der Waals surface area contributed by atoms with Gasteiger partial charge in [-0.05, 0) is 17.7 Å². The van der Waals surface area contributed by atoms with Gasteiger partial charge >= 0.3 is 0 Å². The summed E-state index contributed by atoms with van der Waals surface area (Å²) in [5.74, 6) is 1.47. The number of benzene rings is 1. The topological polar surface area (TPSA) is 18.5 Å². The van der Waals surface area contributed by atoms with Gasteiger partial charge in [0.1, 0.15) is 6.61 Å². The zero-order chi connectivity index (χ0) is 11.8. The third-order valence-electron chi connectivity index (χ3n) is 1.94. The molecule has 1 aromatic rings. The highest BCUT2D eigenvalue weighted by molar-refractivity contribution is 9.09. The molecule has 0 saturated carbocycles. The normalized spacial score (nSPS) is 10.4. The molecule has 0 aliphatic heterocycles. The molecule has 0 aliphatic rings. The monoisotopic (exact) mass is 282 g/mol. The first-order valence-electron chi connectivity index (χ1n) is 4.96. The van der Waals surface area contributed by atoms with Gasteiger partial charge in [-0.1, -0.05) is 46.8 Å². The lowest BCUT2D eigenvalue weighted by Gasteiger charge is -2.09. The molecular formula is C13H15BrO2. The quantitative estimate of drug-likeness (QED) is 0.586. The highest BCUT2D eigenvalue weighted by Crippen LogP contribution is 2.28. The molecule has 1 rings (SSSR count). The van der Waals surface area contributed by atoms with Crippen LogP contribution in [0.3, 0.4) is 0 Å². The first kappa shape index (κ1) is 12.8. The van der Waals surface area contributed by atoms with E-state index in [0.29, 0.717) is 6.61 Å². The van der Waals surface area contributed by atoms with Crippen molar-refractivity contribution in [2.24, 2.45) is 0 Å². The van der Waals surface area contributed by atoms with E-state index in [1.807, 2.05) is 30.4 Å². The summed E-state index contributed by atoms with van der Waals surface area (Å²) in [6.45, 7) is 4.09. The van der Waals surface area contributed by atoms with E-state index in [4.69, 9.17) is 9.47 Å². The lowest BCUT2D eigenvalue weighted by molar-refractivity contribution is 0.326. The van der Waals surface area contributed by atoms with Gasteiger partial charge in [0.05, 0.1) is 7.11 Å². The van der Waals surface area contributed by atoms with E-state index in [1.54, 1.807) is 13.2 Å². The molecular weight excluding hydrogens is 268 g/mol. The molecule has 0 radical (unpaired) electrons. The zero-order valence-electron chi connectivity index (χ0n) is 9.28. The summed E-state index contributed by atoms with van der Waals surface area (Å²) in [5, 5.41) is 0.837.